The second kappa shape index (κ2) is 3.04. The topological polar surface area (TPSA) is 9.23 Å². The van der Waals surface area contributed by atoms with Gasteiger partial charge in [0.25, 0.3) is 0 Å². The van der Waals surface area contributed by atoms with Crippen molar-refractivity contribution in [3.63, 3.8) is 0 Å². The third-order valence-corrected chi connectivity index (χ3v) is 6.21. The summed E-state index contributed by atoms with van der Waals surface area (Å²) in [4.78, 5) is 0. The van der Waals surface area contributed by atoms with Crippen LogP contribution in [0.1, 0.15) is 66.2 Å². The molecule has 2 saturated carbocycles. The van der Waals surface area contributed by atoms with E-state index < -0.39 is 0 Å². The van der Waals surface area contributed by atoms with Crippen molar-refractivity contribution in [2.24, 2.45) is 17.3 Å². The minimum absolute atomic E-state index is 0.128. The molecular weight excluding hydrogens is 196 g/mol. The number of fused-ring (bicyclic) bond motifs is 1. The Labute approximate surface area is 99.9 Å². The highest BCUT2D eigenvalue weighted by atomic mass is 16.5. The van der Waals surface area contributed by atoms with E-state index in [0.29, 0.717) is 5.41 Å². The standard InChI is InChI=1S/C15H26O/c1-11-6-5-8-14(4)9-7-12-10-15(11,14)16-13(12,2)3/h11-12H,5-10H2,1-4H3/t11-,12-,14+,15+/m0/s1. The van der Waals surface area contributed by atoms with E-state index in [9.17, 15) is 0 Å². The van der Waals surface area contributed by atoms with Crippen LogP contribution in [0.5, 0.6) is 0 Å². The van der Waals surface area contributed by atoms with Crippen molar-refractivity contribution in [3.05, 3.63) is 0 Å². The van der Waals surface area contributed by atoms with Gasteiger partial charge in [0.05, 0.1) is 11.2 Å². The number of ether oxygens (including phenoxy) is 1. The lowest BCUT2D eigenvalue weighted by Crippen LogP contribution is -2.55. The Balaban J connectivity index is 2.04. The molecule has 2 bridgehead atoms. The Morgan fingerprint density at radius 2 is 1.81 bits per heavy atom. The third kappa shape index (κ3) is 1.16. The summed E-state index contributed by atoms with van der Waals surface area (Å²) in [6.07, 6.45) is 8.29. The van der Waals surface area contributed by atoms with Gasteiger partial charge in [0.1, 0.15) is 0 Å². The van der Waals surface area contributed by atoms with Gasteiger partial charge in [0.2, 0.25) is 0 Å². The summed E-state index contributed by atoms with van der Waals surface area (Å²) in [6, 6.07) is 0. The van der Waals surface area contributed by atoms with Crippen LogP contribution in [0.2, 0.25) is 0 Å². The fourth-order valence-corrected chi connectivity index (χ4v) is 4.99. The van der Waals surface area contributed by atoms with Crippen molar-refractivity contribution in [3.8, 4) is 0 Å². The Hall–Kier alpha value is -0.0400. The molecule has 1 heteroatoms. The highest BCUT2D eigenvalue weighted by Gasteiger charge is 2.65. The van der Waals surface area contributed by atoms with Crippen molar-refractivity contribution in [2.45, 2.75) is 77.4 Å². The summed E-state index contributed by atoms with van der Waals surface area (Å²) in [6.45, 7) is 9.57. The van der Waals surface area contributed by atoms with Crippen LogP contribution < -0.4 is 0 Å². The summed E-state index contributed by atoms with van der Waals surface area (Å²) in [7, 11) is 0. The Bertz CT molecular complexity index is 309. The fraction of sp³-hybridized carbons (Fsp3) is 1.00. The van der Waals surface area contributed by atoms with Crippen molar-refractivity contribution >= 4 is 0 Å². The molecule has 4 atom stereocenters. The van der Waals surface area contributed by atoms with E-state index in [0.717, 1.165) is 11.8 Å². The molecule has 3 fully saturated rings. The van der Waals surface area contributed by atoms with E-state index in [-0.39, 0.29) is 11.2 Å². The zero-order valence-electron chi connectivity index (χ0n) is 11.3. The summed E-state index contributed by atoms with van der Waals surface area (Å²) >= 11 is 0. The maximum absolute atomic E-state index is 6.68. The smallest absolute Gasteiger partial charge is 0.0772 e. The van der Waals surface area contributed by atoms with E-state index in [1.54, 1.807) is 0 Å². The summed E-state index contributed by atoms with van der Waals surface area (Å²) in [5.41, 5.74) is 0.815. The molecule has 92 valence electrons. The minimum Gasteiger partial charge on any atom is -0.368 e. The van der Waals surface area contributed by atoms with Gasteiger partial charge in [0.15, 0.2) is 0 Å². The molecule has 3 rings (SSSR count). The third-order valence-electron chi connectivity index (χ3n) is 6.21. The first-order chi connectivity index (χ1) is 7.40. The average molecular weight is 222 g/mol. The zero-order valence-corrected chi connectivity index (χ0v) is 11.3. The second-order valence-corrected chi connectivity index (χ2v) is 7.39. The lowest BCUT2D eigenvalue weighted by molar-refractivity contribution is -0.192. The van der Waals surface area contributed by atoms with Gasteiger partial charge < -0.3 is 4.74 Å². The normalized spacial score (nSPS) is 54.8. The molecule has 16 heavy (non-hydrogen) atoms. The van der Waals surface area contributed by atoms with E-state index in [1.165, 1.54) is 38.5 Å². The van der Waals surface area contributed by atoms with Gasteiger partial charge in [-0.1, -0.05) is 20.3 Å². The molecule has 0 unspecified atom stereocenters. The molecule has 1 heterocycles. The van der Waals surface area contributed by atoms with Crippen molar-refractivity contribution in [2.75, 3.05) is 0 Å². The van der Waals surface area contributed by atoms with Crippen LogP contribution >= 0.6 is 0 Å². The maximum Gasteiger partial charge on any atom is 0.0772 e. The quantitative estimate of drug-likeness (QED) is 0.598. The van der Waals surface area contributed by atoms with Crippen molar-refractivity contribution < 1.29 is 4.74 Å². The number of hydrogen-bond donors (Lipinski definition) is 0. The Kier molecular flexibility index (Phi) is 2.11. The van der Waals surface area contributed by atoms with Crippen LogP contribution in [0.3, 0.4) is 0 Å². The lowest BCUT2D eigenvalue weighted by atomic mass is 9.53. The summed E-state index contributed by atoms with van der Waals surface area (Å²) in [5.74, 6) is 1.57. The van der Waals surface area contributed by atoms with Crippen molar-refractivity contribution in [1.82, 2.24) is 0 Å². The fourth-order valence-electron chi connectivity index (χ4n) is 4.99. The molecule has 0 radical (unpaired) electrons. The molecule has 1 spiro atoms. The molecule has 0 amide bonds. The Morgan fingerprint density at radius 1 is 1.06 bits per heavy atom. The maximum atomic E-state index is 6.68. The van der Waals surface area contributed by atoms with Crippen molar-refractivity contribution in [1.29, 1.82) is 0 Å². The SMILES string of the molecule is C[C@H]1CCC[C@]2(C)CC[C@H]3C[C@@]12OC3(C)C. The van der Waals surface area contributed by atoms with Crippen LogP contribution in [-0.2, 0) is 4.74 Å². The second-order valence-electron chi connectivity index (χ2n) is 7.39. The first kappa shape index (κ1) is 11.1. The molecule has 0 aromatic carbocycles. The first-order valence-electron chi connectivity index (χ1n) is 7.10. The predicted octanol–water partition coefficient (Wildman–Crippen LogP) is 4.16. The van der Waals surface area contributed by atoms with Gasteiger partial charge >= 0.3 is 0 Å². The predicted molar refractivity (Wildman–Crippen MR) is 66.4 cm³/mol. The summed E-state index contributed by atoms with van der Waals surface area (Å²) < 4.78 is 6.68. The molecular formula is C15H26O. The number of rotatable bonds is 0. The molecule has 1 aliphatic heterocycles. The molecule has 3 aliphatic rings. The van der Waals surface area contributed by atoms with Gasteiger partial charge in [-0.3, -0.25) is 0 Å². The molecule has 0 N–H and O–H groups in total. The zero-order chi connectivity index (χ0) is 11.6. The van der Waals surface area contributed by atoms with Crippen LogP contribution in [0.4, 0.5) is 0 Å². The molecule has 0 aromatic heterocycles. The van der Waals surface area contributed by atoms with E-state index in [2.05, 4.69) is 27.7 Å². The van der Waals surface area contributed by atoms with Crippen LogP contribution in [0.15, 0.2) is 0 Å². The Morgan fingerprint density at radius 3 is 2.56 bits per heavy atom. The molecule has 1 saturated heterocycles. The van der Waals surface area contributed by atoms with Crippen LogP contribution in [0, 0.1) is 17.3 Å². The van der Waals surface area contributed by atoms with Gasteiger partial charge in [-0.15, -0.1) is 0 Å². The molecule has 0 aromatic rings. The largest absolute Gasteiger partial charge is 0.368 e. The molecule has 1 nitrogen and oxygen atoms in total. The average Bonchev–Trinajstić information content (AvgIpc) is 2.42. The minimum atomic E-state index is 0.128. The number of hydrogen-bond acceptors (Lipinski definition) is 1. The van der Waals surface area contributed by atoms with E-state index in [1.807, 2.05) is 0 Å². The van der Waals surface area contributed by atoms with Gasteiger partial charge in [-0.05, 0) is 63.2 Å². The molecule has 2 aliphatic carbocycles. The monoisotopic (exact) mass is 222 g/mol. The van der Waals surface area contributed by atoms with E-state index >= 15 is 0 Å². The van der Waals surface area contributed by atoms with Gasteiger partial charge in [-0.2, -0.15) is 0 Å². The first-order valence-corrected chi connectivity index (χ1v) is 7.10. The van der Waals surface area contributed by atoms with Crippen LogP contribution in [-0.4, -0.2) is 11.2 Å². The lowest BCUT2D eigenvalue weighted by Gasteiger charge is -2.55. The van der Waals surface area contributed by atoms with Crippen LogP contribution in [0.25, 0.3) is 0 Å². The highest BCUT2D eigenvalue weighted by Crippen LogP contribution is 2.65. The highest BCUT2D eigenvalue weighted by molar-refractivity contribution is 5.14. The summed E-state index contributed by atoms with van der Waals surface area (Å²) in [5, 5.41) is 0. The van der Waals surface area contributed by atoms with Gasteiger partial charge in [0, 0.05) is 0 Å². The van der Waals surface area contributed by atoms with E-state index in [4.69, 9.17) is 4.74 Å². The van der Waals surface area contributed by atoms with Gasteiger partial charge in [-0.25, -0.2) is 0 Å².